The van der Waals surface area contributed by atoms with Gasteiger partial charge in [-0.05, 0) is 77.1 Å². The molecule has 2 N–H and O–H groups in total. The minimum Gasteiger partial charge on any atom is -0.378 e. The van der Waals surface area contributed by atoms with E-state index in [9.17, 15) is 4.79 Å². The second-order valence-corrected chi connectivity index (χ2v) is 7.74. The highest BCUT2D eigenvalue weighted by atomic mass is 16.5. The van der Waals surface area contributed by atoms with E-state index in [0.29, 0.717) is 12.1 Å². The second kappa shape index (κ2) is 12.6. The highest BCUT2D eigenvalue weighted by Crippen LogP contribution is 2.25. The molecule has 5 heteroatoms. The maximum atomic E-state index is 12.5. The van der Waals surface area contributed by atoms with E-state index in [0.717, 1.165) is 70.3 Å². The van der Waals surface area contributed by atoms with Crippen molar-refractivity contribution in [3.63, 3.8) is 0 Å². The minimum atomic E-state index is -0.0304. The molecule has 0 bridgehead atoms. The van der Waals surface area contributed by atoms with E-state index in [1.165, 1.54) is 5.56 Å². The van der Waals surface area contributed by atoms with E-state index in [4.69, 9.17) is 4.74 Å². The first kappa shape index (κ1) is 22.4. The van der Waals surface area contributed by atoms with Gasteiger partial charge in [-0.1, -0.05) is 23.8 Å². The molecule has 0 heterocycles. The van der Waals surface area contributed by atoms with Crippen molar-refractivity contribution in [2.45, 2.75) is 64.0 Å². The van der Waals surface area contributed by atoms with Crippen LogP contribution in [0.25, 0.3) is 0 Å². The average molecular weight is 388 g/mol. The van der Waals surface area contributed by atoms with Gasteiger partial charge >= 0.3 is 6.03 Å². The van der Waals surface area contributed by atoms with Crippen molar-refractivity contribution >= 4 is 11.7 Å². The molecule has 1 aliphatic rings. The zero-order chi connectivity index (χ0) is 20.2. The van der Waals surface area contributed by atoms with Crippen molar-refractivity contribution < 1.29 is 9.53 Å². The number of anilines is 1. The maximum Gasteiger partial charge on any atom is 0.321 e. The number of nitrogens with one attached hydrogen (secondary N) is 2. The zero-order valence-electron chi connectivity index (χ0n) is 17.6. The summed E-state index contributed by atoms with van der Waals surface area (Å²) in [7, 11) is 1.90. The van der Waals surface area contributed by atoms with Crippen LogP contribution in [0.2, 0.25) is 0 Å². The van der Waals surface area contributed by atoms with Crippen LogP contribution in [-0.4, -0.2) is 49.8 Å². The summed E-state index contributed by atoms with van der Waals surface area (Å²) in [6.45, 7) is 8.66. The topological polar surface area (TPSA) is 53.6 Å². The molecule has 5 nitrogen and oxygen atoms in total. The Morgan fingerprint density at radius 3 is 2.57 bits per heavy atom. The molecule has 0 atom stereocenters. The van der Waals surface area contributed by atoms with Crippen molar-refractivity contribution in [3.05, 3.63) is 42.5 Å². The molecule has 0 saturated heterocycles. The van der Waals surface area contributed by atoms with Gasteiger partial charge in [0.25, 0.3) is 0 Å². The van der Waals surface area contributed by atoms with Gasteiger partial charge in [0, 0.05) is 25.4 Å². The number of hydrogen-bond acceptors (Lipinski definition) is 3. The molecule has 0 spiro atoms. The molecule has 1 fully saturated rings. The Bertz CT molecular complexity index is 580. The van der Waals surface area contributed by atoms with E-state index < -0.39 is 0 Å². The lowest BCUT2D eigenvalue weighted by molar-refractivity contribution is 0.0133. The number of rotatable bonds is 11. The molecule has 1 saturated carbocycles. The number of carbonyl (C=O) groups is 1. The molecule has 0 radical (unpaired) electrons. The third-order valence-corrected chi connectivity index (χ3v) is 5.44. The Labute approximate surface area is 170 Å². The van der Waals surface area contributed by atoms with Gasteiger partial charge < -0.3 is 20.3 Å². The van der Waals surface area contributed by atoms with Gasteiger partial charge in [-0.15, -0.1) is 6.58 Å². The van der Waals surface area contributed by atoms with Gasteiger partial charge in [-0.25, -0.2) is 4.79 Å². The molecule has 1 aromatic rings. The van der Waals surface area contributed by atoms with E-state index in [1.807, 2.05) is 49.2 Å². The maximum absolute atomic E-state index is 12.5. The third-order valence-electron chi connectivity index (χ3n) is 5.44. The number of urea groups is 1. The standard InChI is InChI=1S/C23H37N3O2/c1-4-5-16-24-17-6-7-18-28-22-14-12-21(13-15-22)26(3)23(27)25-20-10-8-19(2)9-11-20/h4,8-11,21-22,24H,1,5-7,12-18H2,2-3H3,(H,25,27). The number of amides is 2. The highest BCUT2D eigenvalue weighted by Gasteiger charge is 2.26. The molecule has 156 valence electrons. The smallest absolute Gasteiger partial charge is 0.321 e. The van der Waals surface area contributed by atoms with Crippen molar-refractivity contribution in [1.82, 2.24) is 10.2 Å². The molecular weight excluding hydrogens is 350 g/mol. The van der Waals surface area contributed by atoms with Gasteiger partial charge in [0.2, 0.25) is 0 Å². The van der Waals surface area contributed by atoms with Crippen LogP contribution in [0.1, 0.15) is 50.5 Å². The first-order valence-corrected chi connectivity index (χ1v) is 10.6. The van der Waals surface area contributed by atoms with Crippen molar-refractivity contribution in [1.29, 1.82) is 0 Å². The Balaban J connectivity index is 1.58. The molecule has 0 unspecified atom stereocenters. The predicted octanol–water partition coefficient (Wildman–Crippen LogP) is 4.73. The van der Waals surface area contributed by atoms with E-state index in [1.54, 1.807) is 0 Å². The molecule has 0 aliphatic heterocycles. The van der Waals surface area contributed by atoms with Gasteiger partial charge in [-0.3, -0.25) is 0 Å². The molecule has 0 aromatic heterocycles. The van der Waals surface area contributed by atoms with Crippen molar-refractivity contribution in [3.8, 4) is 0 Å². The first-order chi connectivity index (χ1) is 13.6. The monoisotopic (exact) mass is 387 g/mol. The molecule has 2 amide bonds. The van der Waals surface area contributed by atoms with Crippen LogP contribution < -0.4 is 10.6 Å². The Morgan fingerprint density at radius 1 is 1.18 bits per heavy atom. The predicted molar refractivity (Wildman–Crippen MR) is 117 cm³/mol. The number of nitrogens with zero attached hydrogens (tertiary/aromatic N) is 1. The zero-order valence-corrected chi connectivity index (χ0v) is 17.6. The summed E-state index contributed by atoms with van der Waals surface area (Å²) in [5.74, 6) is 0. The number of aryl methyl sites for hydroxylation is 1. The summed E-state index contributed by atoms with van der Waals surface area (Å²) >= 11 is 0. The van der Waals surface area contributed by atoms with E-state index >= 15 is 0 Å². The summed E-state index contributed by atoms with van der Waals surface area (Å²) in [5, 5.41) is 6.39. The number of hydrogen-bond donors (Lipinski definition) is 2. The SMILES string of the molecule is C=CCCNCCCCOC1CCC(N(C)C(=O)Nc2ccc(C)cc2)CC1. The molecule has 1 aromatic carbocycles. The van der Waals surface area contributed by atoms with Crippen LogP contribution in [0.5, 0.6) is 0 Å². The number of benzene rings is 1. The fourth-order valence-corrected chi connectivity index (χ4v) is 3.54. The van der Waals surface area contributed by atoms with Crippen LogP contribution in [0.3, 0.4) is 0 Å². The lowest BCUT2D eigenvalue weighted by atomic mass is 9.92. The van der Waals surface area contributed by atoms with Crippen LogP contribution in [0, 0.1) is 6.92 Å². The van der Waals surface area contributed by atoms with Gasteiger partial charge in [-0.2, -0.15) is 0 Å². The Kier molecular flexibility index (Phi) is 10.1. The lowest BCUT2D eigenvalue weighted by Gasteiger charge is -2.34. The largest absolute Gasteiger partial charge is 0.378 e. The Hall–Kier alpha value is -1.85. The summed E-state index contributed by atoms with van der Waals surface area (Å²) in [4.78, 5) is 14.3. The fraction of sp³-hybridized carbons (Fsp3) is 0.609. The number of carbonyl (C=O) groups excluding carboxylic acids is 1. The third kappa shape index (κ3) is 8.03. The van der Waals surface area contributed by atoms with Gasteiger partial charge in [0.1, 0.15) is 0 Å². The quantitative estimate of drug-likeness (QED) is 0.426. The second-order valence-electron chi connectivity index (χ2n) is 7.74. The summed E-state index contributed by atoms with van der Waals surface area (Å²) in [6.07, 6.45) is 9.63. The van der Waals surface area contributed by atoms with Crippen LogP contribution in [0.4, 0.5) is 10.5 Å². The van der Waals surface area contributed by atoms with Crippen LogP contribution in [-0.2, 0) is 4.74 Å². The molecule has 28 heavy (non-hydrogen) atoms. The normalized spacial score (nSPS) is 19.2. The van der Waals surface area contributed by atoms with Crippen molar-refractivity contribution in [2.24, 2.45) is 0 Å². The van der Waals surface area contributed by atoms with Gasteiger partial charge in [0.05, 0.1) is 6.10 Å². The molecule has 2 rings (SSSR count). The summed E-state index contributed by atoms with van der Waals surface area (Å²) in [5.41, 5.74) is 2.03. The first-order valence-electron chi connectivity index (χ1n) is 10.6. The van der Waals surface area contributed by atoms with E-state index in [-0.39, 0.29) is 6.03 Å². The number of ether oxygens (including phenoxy) is 1. The molecule has 1 aliphatic carbocycles. The lowest BCUT2D eigenvalue weighted by Crippen LogP contribution is -2.42. The fourth-order valence-electron chi connectivity index (χ4n) is 3.54. The number of unbranched alkanes of at least 4 members (excludes halogenated alkanes) is 1. The average Bonchev–Trinajstić information content (AvgIpc) is 2.71. The Morgan fingerprint density at radius 2 is 1.89 bits per heavy atom. The summed E-state index contributed by atoms with van der Waals surface area (Å²) in [6, 6.07) is 8.17. The van der Waals surface area contributed by atoms with Gasteiger partial charge in [0.15, 0.2) is 0 Å². The summed E-state index contributed by atoms with van der Waals surface area (Å²) < 4.78 is 6.04. The molecular formula is C23H37N3O2. The minimum absolute atomic E-state index is 0.0304. The van der Waals surface area contributed by atoms with Crippen LogP contribution in [0.15, 0.2) is 36.9 Å². The van der Waals surface area contributed by atoms with E-state index in [2.05, 4.69) is 17.2 Å². The van der Waals surface area contributed by atoms with Crippen LogP contribution >= 0.6 is 0 Å². The van der Waals surface area contributed by atoms with Crippen molar-refractivity contribution in [2.75, 3.05) is 32.1 Å². The highest BCUT2D eigenvalue weighted by molar-refractivity contribution is 5.89.